The highest BCUT2D eigenvalue weighted by molar-refractivity contribution is 5.26. The first kappa shape index (κ1) is 7.64. The number of nitrogens with zero attached hydrogens (tertiary/aromatic N) is 3. The molecule has 0 saturated carbocycles. The van der Waals surface area contributed by atoms with Gasteiger partial charge in [-0.05, 0) is 6.92 Å². The first-order valence-corrected chi connectivity index (χ1v) is 3.00. The first-order chi connectivity index (χ1) is 5.09. The third kappa shape index (κ3) is 1.73. The number of hydrogen-bond donors (Lipinski definition) is 2. The number of anilines is 2. The molecule has 1 heterocycles. The van der Waals surface area contributed by atoms with Gasteiger partial charge in [0.25, 0.3) is 0 Å². The molecule has 6 heteroatoms. The molecular weight excluding hydrogens is 149 g/mol. The minimum Gasteiger partial charge on any atom is -0.368 e. The van der Waals surface area contributed by atoms with Crippen LogP contribution >= 0.6 is 0 Å². The van der Waals surface area contributed by atoms with E-state index in [2.05, 4.69) is 15.0 Å². The Morgan fingerprint density at radius 3 is 2.00 bits per heavy atom. The molecule has 0 fully saturated rings. The van der Waals surface area contributed by atoms with Gasteiger partial charge in [0.1, 0.15) is 0 Å². The number of aromatic nitrogens is 3. The Balaban J connectivity index is 3.08. The third-order valence-corrected chi connectivity index (χ3v) is 1.04. The van der Waals surface area contributed by atoms with Crippen LogP contribution in [-0.4, -0.2) is 15.0 Å². The standard InChI is InChI=1S/C5H8FN5/c1-2(6)3-9-4(7)11-5(8)10-3/h2H,1H3,(H4,7,8,9,10,11). The molecule has 0 aliphatic heterocycles. The van der Waals surface area contributed by atoms with Gasteiger partial charge in [0, 0.05) is 0 Å². The molecule has 0 spiro atoms. The lowest BCUT2D eigenvalue weighted by molar-refractivity contribution is 0.356. The normalized spacial score (nSPS) is 12.9. The average Bonchev–Trinajstić information content (AvgIpc) is 1.85. The fourth-order valence-corrected chi connectivity index (χ4v) is 0.605. The van der Waals surface area contributed by atoms with Gasteiger partial charge in [-0.25, -0.2) is 4.39 Å². The zero-order valence-electron chi connectivity index (χ0n) is 5.95. The molecule has 0 amide bonds. The maximum atomic E-state index is 12.5. The molecule has 4 N–H and O–H groups in total. The van der Waals surface area contributed by atoms with Crippen LogP contribution in [0.25, 0.3) is 0 Å². The fraction of sp³-hybridized carbons (Fsp3) is 0.400. The van der Waals surface area contributed by atoms with Gasteiger partial charge in [0.05, 0.1) is 0 Å². The van der Waals surface area contributed by atoms with E-state index in [-0.39, 0.29) is 17.7 Å². The second-order valence-corrected chi connectivity index (χ2v) is 2.03. The fourth-order valence-electron chi connectivity index (χ4n) is 0.605. The Morgan fingerprint density at radius 1 is 1.18 bits per heavy atom. The Hall–Kier alpha value is -1.46. The van der Waals surface area contributed by atoms with E-state index in [0.717, 1.165) is 0 Å². The van der Waals surface area contributed by atoms with Gasteiger partial charge in [-0.1, -0.05) is 0 Å². The summed E-state index contributed by atoms with van der Waals surface area (Å²) in [7, 11) is 0. The van der Waals surface area contributed by atoms with E-state index >= 15 is 0 Å². The quantitative estimate of drug-likeness (QED) is 0.601. The van der Waals surface area contributed by atoms with Crippen LogP contribution in [0.15, 0.2) is 0 Å². The molecule has 1 rings (SSSR count). The van der Waals surface area contributed by atoms with Crippen LogP contribution in [0.1, 0.15) is 18.9 Å². The van der Waals surface area contributed by atoms with Crippen molar-refractivity contribution in [1.82, 2.24) is 15.0 Å². The number of hydrogen-bond acceptors (Lipinski definition) is 5. The van der Waals surface area contributed by atoms with E-state index in [0.29, 0.717) is 0 Å². The van der Waals surface area contributed by atoms with Gasteiger partial charge in [0.15, 0.2) is 12.0 Å². The van der Waals surface area contributed by atoms with Crippen LogP contribution in [0, 0.1) is 0 Å². The summed E-state index contributed by atoms with van der Waals surface area (Å²) < 4.78 is 12.5. The lowest BCUT2D eigenvalue weighted by Gasteiger charge is -2.00. The molecular formula is C5H8FN5. The predicted octanol–water partition coefficient (Wildman–Crippen LogP) is 0.0665. The monoisotopic (exact) mass is 157 g/mol. The number of rotatable bonds is 1. The Morgan fingerprint density at radius 2 is 1.64 bits per heavy atom. The Kier molecular flexibility index (Phi) is 1.84. The van der Waals surface area contributed by atoms with E-state index < -0.39 is 6.17 Å². The summed E-state index contributed by atoms with van der Waals surface area (Å²) in [6, 6.07) is 0. The molecule has 0 aliphatic carbocycles. The van der Waals surface area contributed by atoms with Gasteiger partial charge in [0.2, 0.25) is 11.9 Å². The van der Waals surface area contributed by atoms with Gasteiger partial charge in [-0.15, -0.1) is 0 Å². The lowest BCUT2D eigenvalue weighted by atomic mass is 10.4. The summed E-state index contributed by atoms with van der Waals surface area (Å²) in [5, 5.41) is 0. The van der Waals surface area contributed by atoms with E-state index in [1.54, 1.807) is 0 Å². The Labute approximate surface area is 62.7 Å². The summed E-state index contributed by atoms with van der Waals surface area (Å²) in [5.74, 6) is -0.149. The van der Waals surface area contributed by atoms with Crippen molar-refractivity contribution < 1.29 is 4.39 Å². The molecule has 1 aromatic rings. The van der Waals surface area contributed by atoms with Crippen molar-refractivity contribution in [3.05, 3.63) is 5.82 Å². The van der Waals surface area contributed by atoms with Crippen LogP contribution in [0.2, 0.25) is 0 Å². The number of nitrogens with two attached hydrogens (primary N) is 2. The van der Waals surface area contributed by atoms with Crippen molar-refractivity contribution in [3.63, 3.8) is 0 Å². The predicted molar refractivity (Wildman–Crippen MR) is 38.2 cm³/mol. The van der Waals surface area contributed by atoms with Crippen LogP contribution < -0.4 is 11.5 Å². The van der Waals surface area contributed by atoms with E-state index in [1.165, 1.54) is 6.92 Å². The molecule has 0 aromatic carbocycles. The molecule has 1 aromatic heterocycles. The van der Waals surface area contributed by atoms with Crippen molar-refractivity contribution in [3.8, 4) is 0 Å². The zero-order chi connectivity index (χ0) is 8.43. The molecule has 5 nitrogen and oxygen atoms in total. The van der Waals surface area contributed by atoms with Crippen LogP contribution in [0.4, 0.5) is 16.3 Å². The molecule has 0 bridgehead atoms. The molecule has 1 unspecified atom stereocenters. The van der Waals surface area contributed by atoms with Crippen LogP contribution in [-0.2, 0) is 0 Å². The number of halogens is 1. The molecule has 60 valence electrons. The highest BCUT2D eigenvalue weighted by atomic mass is 19.1. The maximum Gasteiger partial charge on any atom is 0.225 e. The van der Waals surface area contributed by atoms with E-state index in [4.69, 9.17) is 11.5 Å². The minimum atomic E-state index is -1.28. The summed E-state index contributed by atoms with van der Waals surface area (Å²) in [4.78, 5) is 10.6. The van der Waals surface area contributed by atoms with Crippen molar-refractivity contribution in [2.45, 2.75) is 13.1 Å². The van der Waals surface area contributed by atoms with Gasteiger partial charge in [-0.3, -0.25) is 0 Å². The molecule has 1 atom stereocenters. The zero-order valence-corrected chi connectivity index (χ0v) is 5.95. The number of nitrogen functional groups attached to an aromatic ring is 2. The van der Waals surface area contributed by atoms with Gasteiger partial charge >= 0.3 is 0 Å². The van der Waals surface area contributed by atoms with E-state index in [1.807, 2.05) is 0 Å². The van der Waals surface area contributed by atoms with Gasteiger partial charge in [-0.2, -0.15) is 15.0 Å². The summed E-state index contributed by atoms with van der Waals surface area (Å²) in [5.41, 5.74) is 10.4. The van der Waals surface area contributed by atoms with Crippen LogP contribution in [0.5, 0.6) is 0 Å². The van der Waals surface area contributed by atoms with E-state index in [9.17, 15) is 4.39 Å². The van der Waals surface area contributed by atoms with Crippen LogP contribution in [0.3, 0.4) is 0 Å². The van der Waals surface area contributed by atoms with Crippen molar-refractivity contribution in [1.29, 1.82) is 0 Å². The smallest absolute Gasteiger partial charge is 0.225 e. The highest BCUT2D eigenvalue weighted by Gasteiger charge is 2.08. The second-order valence-electron chi connectivity index (χ2n) is 2.03. The number of alkyl halides is 1. The Bertz CT molecular complexity index is 241. The van der Waals surface area contributed by atoms with Crippen molar-refractivity contribution in [2.75, 3.05) is 11.5 Å². The molecule has 0 saturated heterocycles. The second kappa shape index (κ2) is 2.65. The first-order valence-electron chi connectivity index (χ1n) is 3.00. The van der Waals surface area contributed by atoms with Crippen molar-refractivity contribution >= 4 is 11.9 Å². The summed E-state index contributed by atoms with van der Waals surface area (Å²) in [6.07, 6.45) is -1.28. The minimum absolute atomic E-state index is 0.0324. The summed E-state index contributed by atoms with van der Waals surface area (Å²) >= 11 is 0. The molecule has 0 radical (unpaired) electrons. The highest BCUT2D eigenvalue weighted by Crippen LogP contribution is 2.11. The SMILES string of the molecule is CC(F)c1nc(N)nc(N)n1. The van der Waals surface area contributed by atoms with Gasteiger partial charge < -0.3 is 11.5 Å². The maximum absolute atomic E-state index is 12.5. The van der Waals surface area contributed by atoms with Crippen molar-refractivity contribution in [2.24, 2.45) is 0 Å². The molecule has 0 aliphatic rings. The third-order valence-electron chi connectivity index (χ3n) is 1.04. The molecule has 11 heavy (non-hydrogen) atoms. The largest absolute Gasteiger partial charge is 0.368 e. The lowest BCUT2D eigenvalue weighted by Crippen LogP contribution is -2.07. The topological polar surface area (TPSA) is 90.7 Å². The summed E-state index contributed by atoms with van der Waals surface area (Å²) in [6.45, 7) is 1.30. The average molecular weight is 157 g/mol.